The number of carbonyl (C=O) groups excluding carboxylic acids is 1. The van der Waals surface area contributed by atoms with Crippen LogP contribution in [0.4, 0.5) is 0 Å². The zero-order chi connectivity index (χ0) is 13.9. The van der Waals surface area contributed by atoms with Gasteiger partial charge in [0.2, 0.25) is 0 Å². The van der Waals surface area contributed by atoms with Crippen LogP contribution in [0.5, 0.6) is 11.5 Å². The molecule has 0 saturated heterocycles. The molecule has 106 valence electrons. The summed E-state index contributed by atoms with van der Waals surface area (Å²) in [7, 11) is 3.23. The van der Waals surface area contributed by atoms with E-state index >= 15 is 0 Å². The Morgan fingerprint density at radius 1 is 1.11 bits per heavy atom. The number of aldehydes is 1. The van der Waals surface area contributed by atoms with Crippen LogP contribution in [0.25, 0.3) is 0 Å². The van der Waals surface area contributed by atoms with E-state index < -0.39 is 0 Å². The van der Waals surface area contributed by atoms with E-state index in [1.807, 2.05) is 0 Å². The van der Waals surface area contributed by atoms with Gasteiger partial charge in [-0.1, -0.05) is 0 Å². The first-order valence-corrected chi connectivity index (χ1v) is 6.14. The quantitative estimate of drug-likeness (QED) is 0.479. The van der Waals surface area contributed by atoms with Gasteiger partial charge >= 0.3 is 0 Å². The van der Waals surface area contributed by atoms with Crippen molar-refractivity contribution in [2.75, 3.05) is 40.6 Å². The Balaban J connectivity index is 2.33. The van der Waals surface area contributed by atoms with E-state index in [1.54, 1.807) is 32.4 Å². The predicted octanol–water partition coefficient (Wildman–Crippen LogP) is 1.94. The van der Waals surface area contributed by atoms with Gasteiger partial charge in [0.15, 0.2) is 6.29 Å². The van der Waals surface area contributed by atoms with E-state index in [0.29, 0.717) is 43.5 Å². The molecule has 5 nitrogen and oxygen atoms in total. The molecule has 0 aliphatic carbocycles. The summed E-state index contributed by atoms with van der Waals surface area (Å²) in [5.41, 5.74) is 0.500. The molecular weight excluding hydrogens is 248 g/mol. The van der Waals surface area contributed by atoms with Gasteiger partial charge in [0.05, 0.1) is 19.3 Å². The summed E-state index contributed by atoms with van der Waals surface area (Å²) in [6.45, 7) is 2.18. The minimum absolute atomic E-state index is 0.390. The van der Waals surface area contributed by atoms with Crippen molar-refractivity contribution in [3.8, 4) is 11.5 Å². The first-order valence-electron chi connectivity index (χ1n) is 6.14. The Morgan fingerprint density at radius 3 is 2.63 bits per heavy atom. The van der Waals surface area contributed by atoms with Crippen molar-refractivity contribution in [3.63, 3.8) is 0 Å². The molecule has 0 heterocycles. The fraction of sp³-hybridized carbons (Fsp3) is 0.500. The second-order valence-corrected chi connectivity index (χ2v) is 3.83. The van der Waals surface area contributed by atoms with Gasteiger partial charge in [-0.2, -0.15) is 0 Å². The van der Waals surface area contributed by atoms with Gasteiger partial charge in [0, 0.05) is 26.4 Å². The molecule has 0 atom stereocenters. The van der Waals surface area contributed by atoms with Crippen molar-refractivity contribution >= 4 is 6.29 Å². The highest BCUT2D eigenvalue weighted by atomic mass is 16.5. The zero-order valence-corrected chi connectivity index (χ0v) is 11.4. The molecule has 19 heavy (non-hydrogen) atoms. The molecule has 1 aromatic carbocycles. The first-order chi connectivity index (χ1) is 9.31. The first kappa shape index (κ1) is 15.5. The summed E-state index contributed by atoms with van der Waals surface area (Å²) in [5, 5.41) is 0. The number of methoxy groups -OCH3 is 2. The normalized spacial score (nSPS) is 10.2. The topological polar surface area (TPSA) is 54.0 Å². The van der Waals surface area contributed by atoms with E-state index in [-0.39, 0.29) is 0 Å². The second-order valence-electron chi connectivity index (χ2n) is 3.83. The van der Waals surface area contributed by atoms with Gasteiger partial charge in [-0.25, -0.2) is 0 Å². The summed E-state index contributed by atoms with van der Waals surface area (Å²) in [4.78, 5) is 10.9. The lowest BCUT2D eigenvalue weighted by atomic mass is 10.2. The third kappa shape index (κ3) is 5.72. The summed E-state index contributed by atoms with van der Waals surface area (Å²) in [6.07, 6.45) is 1.61. The molecule has 0 saturated carbocycles. The molecule has 0 bridgehead atoms. The van der Waals surface area contributed by atoms with E-state index in [4.69, 9.17) is 18.9 Å². The average molecular weight is 268 g/mol. The number of ether oxygens (including phenoxy) is 4. The molecule has 0 aromatic heterocycles. The van der Waals surface area contributed by atoms with E-state index in [2.05, 4.69) is 0 Å². The van der Waals surface area contributed by atoms with E-state index in [0.717, 1.165) is 12.7 Å². The van der Waals surface area contributed by atoms with Crippen LogP contribution in [0.2, 0.25) is 0 Å². The standard InChI is InChI=1S/C14H20O5/c1-16-6-3-7-18-8-9-19-14-10-13(17-2)5-4-12(14)11-15/h4-5,10-11H,3,6-9H2,1-2H3. The molecular formula is C14H20O5. The van der Waals surface area contributed by atoms with Crippen molar-refractivity contribution in [3.05, 3.63) is 23.8 Å². The lowest BCUT2D eigenvalue weighted by Crippen LogP contribution is -2.09. The van der Waals surface area contributed by atoms with Gasteiger partial charge in [-0.05, 0) is 18.6 Å². The number of carbonyl (C=O) groups is 1. The zero-order valence-electron chi connectivity index (χ0n) is 11.4. The minimum Gasteiger partial charge on any atom is -0.497 e. The van der Waals surface area contributed by atoms with Crippen molar-refractivity contribution in [1.29, 1.82) is 0 Å². The smallest absolute Gasteiger partial charge is 0.153 e. The Bertz CT molecular complexity index is 378. The number of rotatable bonds is 10. The molecule has 0 fully saturated rings. The molecule has 1 rings (SSSR count). The van der Waals surface area contributed by atoms with E-state index in [1.165, 1.54) is 0 Å². The predicted molar refractivity (Wildman–Crippen MR) is 71.2 cm³/mol. The highest BCUT2D eigenvalue weighted by molar-refractivity contribution is 5.79. The second kappa shape index (κ2) is 9.35. The Kier molecular flexibility index (Phi) is 7.62. The average Bonchev–Trinajstić information content (AvgIpc) is 2.46. The Hall–Kier alpha value is -1.59. The van der Waals surface area contributed by atoms with Gasteiger partial charge in [-0.3, -0.25) is 4.79 Å². The lowest BCUT2D eigenvalue weighted by Gasteiger charge is -2.10. The minimum atomic E-state index is 0.390. The van der Waals surface area contributed by atoms with Crippen LogP contribution < -0.4 is 9.47 Å². The summed E-state index contributed by atoms with van der Waals surface area (Å²) < 4.78 is 20.9. The van der Waals surface area contributed by atoms with Crippen molar-refractivity contribution < 1.29 is 23.7 Å². The monoisotopic (exact) mass is 268 g/mol. The van der Waals surface area contributed by atoms with Crippen LogP contribution in [-0.4, -0.2) is 46.9 Å². The van der Waals surface area contributed by atoms with Crippen molar-refractivity contribution in [1.82, 2.24) is 0 Å². The fourth-order valence-corrected chi connectivity index (χ4v) is 1.48. The van der Waals surface area contributed by atoms with Crippen LogP contribution in [0, 0.1) is 0 Å². The maximum atomic E-state index is 10.9. The molecule has 1 aromatic rings. The third-order valence-corrected chi connectivity index (χ3v) is 2.47. The molecule has 0 radical (unpaired) electrons. The fourth-order valence-electron chi connectivity index (χ4n) is 1.48. The number of hydrogen-bond donors (Lipinski definition) is 0. The number of benzene rings is 1. The molecule has 5 heteroatoms. The van der Waals surface area contributed by atoms with Gasteiger partial charge in [0.1, 0.15) is 18.1 Å². The van der Waals surface area contributed by atoms with Crippen LogP contribution in [0.1, 0.15) is 16.8 Å². The summed E-state index contributed by atoms with van der Waals surface area (Å²) >= 11 is 0. The third-order valence-electron chi connectivity index (χ3n) is 2.47. The maximum absolute atomic E-state index is 10.9. The van der Waals surface area contributed by atoms with Crippen molar-refractivity contribution in [2.45, 2.75) is 6.42 Å². The molecule has 0 aliphatic heterocycles. The maximum Gasteiger partial charge on any atom is 0.153 e. The SMILES string of the molecule is COCCCOCCOc1cc(OC)ccc1C=O. The summed E-state index contributed by atoms with van der Waals surface area (Å²) in [5.74, 6) is 1.16. The van der Waals surface area contributed by atoms with Gasteiger partial charge in [-0.15, -0.1) is 0 Å². The van der Waals surface area contributed by atoms with Crippen LogP contribution in [0.15, 0.2) is 18.2 Å². The van der Waals surface area contributed by atoms with Gasteiger partial charge < -0.3 is 18.9 Å². The number of hydrogen-bond acceptors (Lipinski definition) is 5. The highest BCUT2D eigenvalue weighted by Gasteiger charge is 2.04. The van der Waals surface area contributed by atoms with Crippen LogP contribution in [-0.2, 0) is 9.47 Å². The van der Waals surface area contributed by atoms with Gasteiger partial charge in [0.25, 0.3) is 0 Å². The lowest BCUT2D eigenvalue weighted by molar-refractivity contribution is 0.0801. The molecule has 0 aliphatic rings. The molecule has 0 N–H and O–H groups in total. The van der Waals surface area contributed by atoms with Crippen LogP contribution >= 0.6 is 0 Å². The summed E-state index contributed by atoms with van der Waals surface area (Å²) in [6, 6.07) is 5.08. The Morgan fingerprint density at radius 2 is 1.95 bits per heavy atom. The largest absolute Gasteiger partial charge is 0.497 e. The highest BCUT2D eigenvalue weighted by Crippen LogP contribution is 2.23. The van der Waals surface area contributed by atoms with Crippen LogP contribution in [0.3, 0.4) is 0 Å². The Labute approximate surface area is 113 Å². The van der Waals surface area contributed by atoms with Crippen molar-refractivity contribution in [2.24, 2.45) is 0 Å². The van der Waals surface area contributed by atoms with E-state index in [9.17, 15) is 4.79 Å². The molecule has 0 spiro atoms. The molecule has 0 unspecified atom stereocenters. The molecule has 0 amide bonds.